The molecule has 0 saturated carbocycles. The van der Waals surface area contributed by atoms with Crippen LogP contribution in [-0.4, -0.2) is 0 Å². The Morgan fingerprint density at radius 3 is 2.40 bits per heavy atom. The Balaban J connectivity index is 3.09. The van der Waals surface area contributed by atoms with Gasteiger partial charge in [0.15, 0.2) is 0 Å². The number of benzene rings is 1. The van der Waals surface area contributed by atoms with Gasteiger partial charge in [0.2, 0.25) is 0 Å². The molecule has 5 heteroatoms. The zero-order chi connectivity index (χ0) is 11.6. The van der Waals surface area contributed by atoms with Gasteiger partial charge in [-0.15, -0.1) is 6.04 Å². The van der Waals surface area contributed by atoms with Crippen molar-refractivity contribution in [2.75, 3.05) is 0 Å². The van der Waals surface area contributed by atoms with E-state index in [1.807, 2.05) is 0 Å². The second kappa shape index (κ2) is 4.41. The average molecular weight is 237 g/mol. The van der Waals surface area contributed by atoms with Crippen LogP contribution in [0.5, 0.6) is 0 Å². The Morgan fingerprint density at radius 1 is 1.40 bits per heavy atom. The lowest BCUT2D eigenvalue weighted by Crippen LogP contribution is -2.06. The van der Waals surface area contributed by atoms with E-state index in [1.54, 1.807) is 6.92 Å². The molecule has 84 valence electrons. The molecular weight excluding hydrogens is 227 g/mol. The van der Waals surface area contributed by atoms with Gasteiger partial charge in [0, 0.05) is 0 Å². The molecule has 0 aromatic heterocycles. The van der Waals surface area contributed by atoms with Crippen molar-refractivity contribution in [1.29, 1.82) is 0 Å². The van der Waals surface area contributed by atoms with E-state index in [-0.39, 0.29) is 5.02 Å². The summed E-state index contributed by atoms with van der Waals surface area (Å²) in [5.74, 6) is 0. The van der Waals surface area contributed by atoms with Gasteiger partial charge in [-0.25, -0.2) is 0 Å². The molecule has 1 rings (SSSR count). The van der Waals surface area contributed by atoms with Crippen molar-refractivity contribution in [3.05, 3.63) is 40.1 Å². The fraction of sp³-hybridized carbons (Fsp3) is 0.400. The van der Waals surface area contributed by atoms with Gasteiger partial charge >= 0.3 is 6.18 Å². The van der Waals surface area contributed by atoms with Gasteiger partial charge < -0.3 is 5.73 Å². The van der Waals surface area contributed by atoms with E-state index in [9.17, 15) is 13.2 Å². The van der Waals surface area contributed by atoms with Gasteiger partial charge in [-0.2, -0.15) is 13.2 Å². The predicted octanol–water partition coefficient (Wildman–Crippen LogP) is 4.86. The summed E-state index contributed by atoms with van der Waals surface area (Å²) in [6.45, 7) is 1.79. The fourth-order valence-electron chi connectivity index (χ4n) is 1.21. The highest BCUT2D eigenvalue weighted by molar-refractivity contribution is 6.31. The van der Waals surface area contributed by atoms with Crippen LogP contribution in [-0.2, 0) is 6.18 Å². The molecule has 0 amide bonds. The molecule has 0 saturated heterocycles. The SMILES string of the molecule is CC[C@@H]([NH-])c1ccc(C(F)(F)F)c(Cl)c1. The minimum absolute atomic E-state index is 0.342. The number of rotatable bonds is 2. The summed E-state index contributed by atoms with van der Waals surface area (Å²) in [7, 11) is 0. The van der Waals surface area contributed by atoms with Gasteiger partial charge in [-0.3, -0.25) is 0 Å². The molecule has 15 heavy (non-hydrogen) atoms. The zero-order valence-corrected chi connectivity index (χ0v) is 8.78. The third kappa shape index (κ3) is 2.86. The number of nitrogens with one attached hydrogen (secondary N) is 1. The van der Waals surface area contributed by atoms with Crippen LogP contribution in [0.15, 0.2) is 18.2 Å². The Kier molecular flexibility index (Phi) is 3.62. The molecule has 0 aliphatic heterocycles. The molecule has 0 bridgehead atoms. The third-order valence-electron chi connectivity index (χ3n) is 2.11. The molecule has 0 unspecified atom stereocenters. The van der Waals surface area contributed by atoms with Gasteiger partial charge in [0.1, 0.15) is 0 Å². The van der Waals surface area contributed by atoms with Crippen molar-refractivity contribution in [2.45, 2.75) is 25.6 Å². The maximum Gasteiger partial charge on any atom is 0.417 e. The van der Waals surface area contributed by atoms with E-state index in [4.69, 9.17) is 17.3 Å². The molecule has 0 fully saturated rings. The first-order chi connectivity index (χ1) is 6.86. The molecule has 0 aliphatic rings. The van der Waals surface area contributed by atoms with E-state index in [0.717, 1.165) is 6.07 Å². The van der Waals surface area contributed by atoms with Gasteiger partial charge in [0.05, 0.1) is 10.6 Å². The molecule has 0 radical (unpaired) electrons. The molecule has 0 aliphatic carbocycles. The highest BCUT2D eigenvalue weighted by Gasteiger charge is 2.32. The van der Waals surface area contributed by atoms with E-state index < -0.39 is 17.8 Å². The van der Waals surface area contributed by atoms with E-state index in [1.165, 1.54) is 12.1 Å². The van der Waals surface area contributed by atoms with Crippen molar-refractivity contribution in [3.63, 3.8) is 0 Å². The summed E-state index contributed by atoms with van der Waals surface area (Å²) in [5.41, 5.74) is 7.20. The van der Waals surface area contributed by atoms with Crippen LogP contribution < -0.4 is 0 Å². The fourth-order valence-corrected chi connectivity index (χ4v) is 1.51. The van der Waals surface area contributed by atoms with E-state index >= 15 is 0 Å². The van der Waals surface area contributed by atoms with Gasteiger partial charge in [-0.1, -0.05) is 36.6 Å². The van der Waals surface area contributed by atoms with E-state index in [0.29, 0.717) is 12.0 Å². The number of halogens is 4. The molecule has 0 spiro atoms. The highest BCUT2D eigenvalue weighted by atomic mass is 35.5. The second-order valence-corrected chi connectivity index (χ2v) is 3.61. The summed E-state index contributed by atoms with van der Waals surface area (Å²) < 4.78 is 37.0. The molecule has 1 nitrogen and oxygen atoms in total. The summed E-state index contributed by atoms with van der Waals surface area (Å²) in [6.07, 6.45) is -3.89. The largest absolute Gasteiger partial charge is 0.671 e. The molecule has 1 N–H and O–H groups in total. The summed E-state index contributed by atoms with van der Waals surface area (Å²) in [5, 5.41) is -0.342. The number of hydrogen-bond donors (Lipinski definition) is 0. The maximum atomic E-state index is 12.3. The quantitative estimate of drug-likeness (QED) is 0.700. The van der Waals surface area contributed by atoms with Gasteiger partial charge in [0.25, 0.3) is 0 Å². The minimum atomic E-state index is -4.43. The summed E-state index contributed by atoms with van der Waals surface area (Å²) in [4.78, 5) is 0. The van der Waals surface area contributed by atoms with Crippen LogP contribution in [0.2, 0.25) is 5.02 Å². The molecule has 1 aromatic rings. The van der Waals surface area contributed by atoms with Crippen molar-refractivity contribution in [2.24, 2.45) is 0 Å². The summed E-state index contributed by atoms with van der Waals surface area (Å²) in [6, 6.07) is 2.92. The topological polar surface area (TPSA) is 23.8 Å². The number of alkyl halides is 3. The average Bonchev–Trinajstić information content (AvgIpc) is 2.14. The second-order valence-electron chi connectivity index (χ2n) is 3.20. The lowest BCUT2D eigenvalue weighted by Gasteiger charge is -2.19. The Bertz CT molecular complexity index is 349. The standard InChI is InChI=1S/C10H10ClF3N/c1-2-9(15)6-3-4-7(8(11)5-6)10(12,13)14/h3-5,9,15H,2H2,1H3/q-1/t9-/m1/s1. The van der Waals surface area contributed by atoms with Crippen LogP contribution in [0.1, 0.15) is 30.5 Å². The van der Waals surface area contributed by atoms with Gasteiger partial charge in [-0.05, 0) is 12.1 Å². The minimum Gasteiger partial charge on any atom is -0.671 e. The molecule has 0 heterocycles. The molecule has 1 atom stereocenters. The molecule has 1 aromatic carbocycles. The lowest BCUT2D eigenvalue weighted by atomic mass is 10.0. The van der Waals surface area contributed by atoms with Crippen molar-refractivity contribution < 1.29 is 13.2 Å². The first kappa shape index (κ1) is 12.3. The van der Waals surface area contributed by atoms with Crippen LogP contribution in [0.4, 0.5) is 13.2 Å². The molecular formula is C10H10ClF3N-. The predicted molar refractivity (Wildman–Crippen MR) is 53.8 cm³/mol. The monoisotopic (exact) mass is 236 g/mol. The van der Waals surface area contributed by atoms with Crippen LogP contribution >= 0.6 is 11.6 Å². The Morgan fingerprint density at radius 2 is 2.00 bits per heavy atom. The van der Waals surface area contributed by atoms with Crippen LogP contribution in [0.3, 0.4) is 0 Å². The first-order valence-corrected chi connectivity index (χ1v) is 4.81. The number of hydrogen-bond acceptors (Lipinski definition) is 0. The van der Waals surface area contributed by atoms with Crippen molar-refractivity contribution >= 4 is 11.6 Å². The van der Waals surface area contributed by atoms with Crippen molar-refractivity contribution in [1.82, 2.24) is 0 Å². The first-order valence-electron chi connectivity index (χ1n) is 4.44. The Hall–Kier alpha value is -0.740. The zero-order valence-electron chi connectivity index (χ0n) is 8.03. The smallest absolute Gasteiger partial charge is 0.417 e. The van der Waals surface area contributed by atoms with Crippen LogP contribution in [0, 0.1) is 0 Å². The van der Waals surface area contributed by atoms with Crippen LogP contribution in [0.25, 0.3) is 5.73 Å². The van der Waals surface area contributed by atoms with Crippen molar-refractivity contribution in [3.8, 4) is 0 Å². The maximum absolute atomic E-state index is 12.3. The normalized spacial score (nSPS) is 14.0. The third-order valence-corrected chi connectivity index (χ3v) is 2.42. The highest BCUT2D eigenvalue weighted by Crippen LogP contribution is 2.36. The summed E-state index contributed by atoms with van der Waals surface area (Å²) >= 11 is 5.51. The van der Waals surface area contributed by atoms with E-state index in [2.05, 4.69) is 0 Å². The Labute approximate surface area is 91.0 Å². The lowest BCUT2D eigenvalue weighted by molar-refractivity contribution is -0.137.